The van der Waals surface area contributed by atoms with E-state index < -0.39 is 12.1 Å². The van der Waals surface area contributed by atoms with Crippen LogP contribution < -0.4 is 16.0 Å². The molecule has 2 aromatic rings. The molecule has 0 fully saturated rings. The van der Waals surface area contributed by atoms with E-state index in [9.17, 15) is 9.59 Å². The Morgan fingerprint density at radius 3 is 2.61 bits per heavy atom. The van der Waals surface area contributed by atoms with Gasteiger partial charge in [-0.3, -0.25) is 9.48 Å². The smallest absolute Gasteiger partial charge is 0.315 e. The Hall–Kier alpha value is -2.35. The highest BCUT2D eigenvalue weighted by atomic mass is 79.9. The molecule has 0 bridgehead atoms. The second-order valence-electron chi connectivity index (χ2n) is 5.02. The van der Waals surface area contributed by atoms with E-state index in [1.165, 1.54) is 0 Å². The molecule has 7 nitrogen and oxygen atoms in total. The Bertz CT molecular complexity index is 686. The summed E-state index contributed by atoms with van der Waals surface area (Å²) in [7, 11) is 1.80. The van der Waals surface area contributed by atoms with E-state index in [4.69, 9.17) is 0 Å². The molecule has 1 aromatic carbocycles. The average Bonchev–Trinajstić information content (AvgIpc) is 2.84. The van der Waals surface area contributed by atoms with Crippen molar-refractivity contribution in [2.45, 2.75) is 19.5 Å². The van der Waals surface area contributed by atoms with Crippen LogP contribution in [-0.4, -0.2) is 27.8 Å². The summed E-state index contributed by atoms with van der Waals surface area (Å²) in [4.78, 5) is 23.9. The Morgan fingerprint density at radius 2 is 2.00 bits per heavy atom. The molecular weight excluding hydrogens is 362 g/mol. The molecule has 0 aliphatic carbocycles. The molecule has 0 aliphatic rings. The molecule has 0 radical (unpaired) electrons. The van der Waals surface area contributed by atoms with Crippen LogP contribution in [0.1, 0.15) is 12.5 Å². The second-order valence-corrected chi connectivity index (χ2v) is 5.77. The largest absolute Gasteiger partial charge is 0.334 e. The zero-order valence-corrected chi connectivity index (χ0v) is 14.4. The number of anilines is 1. The summed E-state index contributed by atoms with van der Waals surface area (Å²) in [6.07, 6.45) is 1.80. The van der Waals surface area contributed by atoms with E-state index in [0.717, 1.165) is 5.56 Å². The molecule has 1 atom stereocenters. The number of nitrogens with zero attached hydrogens (tertiary/aromatic N) is 2. The molecule has 0 saturated heterocycles. The summed E-state index contributed by atoms with van der Waals surface area (Å²) >= 11 is 3.31. The number of carbonyl (C=O) groups excluding carboxylic acids is 2. The number of urea groups is 1. The molecule has 3 N–H and O–H groups in total. The monoisotopic (exact) mass is 379 g/mol. The van der Waals surface area contributed by atoms with Crippen molar-refractivity contribution in [2.75, 3.05) is 5.32 Å². The van der Waals surface area contributed by atoms with Crippen LogP contribution >= 0.6 is 15.9 Å². The molecule has 2 rings (SSSR count). The Kier molecular flexibility index (Phi) is 5.75. The van der Waals surface area contributed by atoms with Crippen LogP contribution in [0.25, 0.3) is 0 Å². The Morgan fingerprint density at radius 1 is 1.30 bits per heavy atom. The van der Waals surface area contributed by atoms with E-state index >= 15 is 0 Å². The van der Waals surface area contributed by atoms with Crippen LogP contribution in [0.4, 0.5) is 10.5 Å². The number of aromatic nitrogens is 2. The summed E-state index contributed by atoms with van der Waals surface area (Å²) in [6, 6.07) is 8.00. The fourth-order valence-corrected chi connectivity index (χ4v) is 2.38. The highest BCUT2D eigenvalue weighted by molar-refractivity contribution is 9.10. The van der Waals surface area contributed by atoms with E-state index in [-0.39, 0.29) is 5.91 Å². The summed E-state index contributed by atoms with van der Waals surface area (Å²) in [5.41, 5.74) is 1.54. The number of rotatable bonds is 5. The number of aryl methyl sites for hydroxylation is 1. The lowest BCUT2D eigenvalue weighted by atomic mass is 10.2. The first-order chi connectivity index (χ1) is 11.0. The summed E-state index contributed by atoms with van der Waals surface area (Å²) in [5, 5.41) is 12.1. The van der Waals surface area contributed by atoms with Gasteiger partial charge in [0.1, 0.15) is 10.6 Å². The first-order valence-electron chi connectivity index (χ1n) is 7.04. The van der Waals surface area contributed by atoms with Gasteiger partial charge >= 0.3 is 6.03 Å². The van der Waals surface area contributed by atoms with Crippen molar-refractivity contribution in [1.82, 2.24) is 20.4 Å². The maximum atomic E-state index is 12.0. The molecule has 0 saturated carbocycles. The fraction of sp³-hybridized carbons (Fsp3) is 0.267. The van der Waals surface area contributed by atoms with Gasteiger partial charge in [-0.25, -0.2) is 4.79 Å². The van der Waals surface area contributed by atoms with E-state index in [1.807, 2.05) is 18.2 Å². The van der Waals surface area contributed by atoms with Crippen molar-refractivity contribution in [2.24, 2.45) is 7.05 Å². The standard InChI is InChI=1S/C15H18BrN5O2/c1-10(14(22)19-12-6-4-3-5-7-12)18-15(23)17-8-11-9-21(2)20-13(11)16/h3-7,9-10H,8H2,1-2H3,(H,19,22)(H2,17,18,23). The summed E-state index contributed by atoms with van der Waals surface area (Å²) in [5.74, 6) is -0.283. The van der Waals surface area contributed by atoms with Crippen molar-refractivity contribution in [3.05, 3.63) is 46.7 Å². The number of hydrogen-bond donors (Lipinski definition) is 3. The van der Waals surface area contributed by atoms with Crippen LogP contribution in [0.2, 0.25) is 0 Å². The molecule has 23 heavy (non-hydrogen) atoms. The van der Waals surface area contributed by atoms with Gasteiger partial charge in [-0.2, -0.15) is 5.10 Å². The van der Waals surface area contributed by atoms with Crippen LogP contribution in [0.15, 0.2) is 41.1 Å². The molecule has 0 aliphatic heterocycles. The number of halogens is 1. The predicted molar refractivity (Wildman–Crippen MR) is 90.8 cm³/mol. The van der Waals surface area contributed by atoms with Crippen molar-refractivity contribution in [1.29, 1.82) is 0 Å². The van der Waals surface area contributed by atoms with Crippen molar-refractivity contribution >= 4 is 33.6 Å². The maximum absolute atomic E-state index is 12.0. The van der Waals surface area contributed by atoms with Gasteiger partial charge < -0.3 is 16.0 Å². The van der Waals surface area contributed by atoms with Crippen LogP contribution in [0.3, 0.4) is 0 Å². The maximum Gasteiger partial charge on any atom is 0.315 e. The molecule has 1 aromatic heterocycles. The van der Waals surface area contributed by atoms with Crippen molar-refractivity contribution in [3.63, 3.8) is 0 Å². The number of carbonyl (C=O) groups is 2. The predicted octanol–water partition coefficient (Wildman–Crippen LogP) is 2.01. The summed E-state index contributed by atoms with van der Waals surface area (Å²) < 4.78 is 2.32. The Labute approximate surface area is 142 Å². The zero-order chi connectivity index (χ0) is 16.8. The van der Waals surface area contributed by atoms with E-state index in [1.54, 1.807) is 37.0 Å². The molecule has 3 amide bonds. The average molecular weight is 380 g/mol. The third kappa shape index (κ3) is 5.10. The third-order valence-corrected chi connectivity index (χ3v) is 3.74. The van der Waals surface area contributed by atoms with Gasteiger partial charge in [0, 0.05) is 31.0 Å². The number of hydrogen-bond acceptors (Lipinski definition) is 3. The van der Waals surface area contributed by atoms with Crippen molar-refractivity contribution < 1.29 is 9.59 Å². The number of nitrogens with one attached hydrogen (secondary N) is 3. The number of para-hydroxylation sites is 1. The first kappa shape index (κ1) is 17.0. The quantitative estimate of drug-likeness (QED) is 0.742. The topological polar surface area (TPSA) is 88.1 Å². The van der Waals surface area contributed by atoms with Gasteiger partial charge in [0.25, 0.3) is 0 Å². The van der Waals surface area contributed by atoms with Crippen molar-refractivity contribution in [3.8, 4) is 0 Å². The van der Waals surface area contributed by atoms with Gasteiger partial charge in [0.2, 0.25) is 5.91 Å². The molecular formula is C15H18BrN5O2. The number of benzene rings is 1. The minimum absolute atomic E-state index is 0.283. The highest BCUT2D eigenvalue weighted by Crippen LogP contribution is 2.12. The molecule has 8 heteroatoms. The van der Waals surface area contributed by atoms with Crippen LogP contribution in [-0.2, 0) is 18.4 Å². The highest BCUT2D eigenvalue weighted by Gasteiger charge is 2.16. The third-order valence-electron chi connectivity index (χ3n) is 3.07. The lowest BCUT2D eigenvalue weighted by Crippen LogP contribution is -2.46. The van der Waals surface area contributed by atoms with Gasteiger partial charge in [0.05, 0.1) is 0 Å². The van der Waals surface area contributed by atoms with Gasteiger partial charge in [-0.05, 0) is 35.0 Å². The minimum Gasteiger partial charge on any atom is -0.334 e. The van der Waals surface area contributed by atoms with Crippen LogP contribution in [0, 0.1) is 0 Å². The molecule has 1 heterocycles. The second kappa shape index (κ2) is 7.77. The summed E-state index contributed by atoms with van der Waals surface area (Å²) in [6.45, 7) is 1.94. The molecule has 0 spiro atoms. The van der Waals surface area contributed by atoms with E-state index in [2.05, 4.69) is 37.0 Å². The van der Waals surface area contributed by atoms with Gasteiger partial charge in [0.15, 0.2) is 0 Å². The number of amides is 3. The lowest BCUT2D eigenvalue weighted by molar-refractivity contribution is -0.117. The SMILES string of the molecule is CC(NC(=O)NCc1cn(C)nc1Br)C(=O)Nc1ccccc1. The van der Waals surface area contributed by atoms with Crippen LogP contribution in [0.5, 0.6) is 0 Å². The van der Waals surface area contributed by atoms with Gasteiger partial charge in [-0.1, -0.05) is 18.2 Å². The fourth-order valence-electron chi connectivity index (χ4n) is 1.89. The normalized spacial score (nSPS) is 11.6. The zero-order valence-electron chi connectivity index (χ0n) is 12.8. The van der Waals surface area contributed by atoms with Gasteiger partial charge in [-0.15, -0.1) is 0 Å². The van der Waals surface area contributed by atoms with E-state index in [0.29, 0.717) is 16.8 Å². The minimum atomic E-state index is -0.660. The molecule has 1 unspecified atom stereocenters. The Balaban J connectivity index is 1.80. The molecule has 122 valence electrons. The first-order valence-corrected chi connectivity index (χ1v) is 7.83. The lowest BCUT2D eigenvalue weighted by Gasteiger charge is -2.14.